The summed E-state index contributed by atoms with van der Waals surface area (Å²) < 4.78 is 13.8. The Bertz CT molecular complexity index is 860. The van der Waals surface area contributed by atoms with Crippen LogP contribution in [0.3, 0.4) is 0 Å². The maximum absolute atomic E-state index is 11.7. The number of hydrogen-bond donors (Lipinski definition) is 1. The minimum Gasteiger partial charge on any atom is -0.303 e. The number of hydrogen-bond acceptors (Lipinski definition) is 4. The second-order valence-corrected chi connectivity index (χ2v) is 7.49. The first-order chi connectivity index (χ1) is 11.5. The fourth-order valence-electron chi connectivity index (χ4n) is 2.94. The lowest BCUT2D eigenvalue weighted by molar-refractivity contribution is 0.565. The minimum absolute atomic E-state index is 0.0429. The lowest BCUT2D eigenvalue weighted by Gasteiger charge is -2.18. The molecule has 2 aromatic heterocycles. The fourth-order valence-corrected chi connectivity index (χ4v) is 3.72. The molecular weight excluding hydrogens is 320 g/mol. The summed E-state index contributed by atoms with van der Waals surface area (Å²) in [5.41, 5.74) is 4.28. The number of fused-ring (bicyclic) bond motifs is 1. The molecule has 126 valence electrons. The molecule has 0 aliphatic heterocycles. The van der Waals surface area contributed by atoms with Crippen molar-refractivity contribution < 1.29 is 4.21 Å². The molecule has 0 fully saturated rings. The molecule has 1 aromatic carbocycles. The smallest absolute Gasteiger partial charge is 0.234 e. The molecule has 3 rings (SSSR count). The zero-order chi connectivity index (χ0) is 17.1. The predicted molar refractivity (Wildman–Crippen MR) is 97.4 cm³/mol. The first kappa shape index (κ1) is 16.8. The van der Waals surface area contributed by atoms with Crippen LogP contribution < -0.4 is 5.32 Å². The number of aryl methyl sites for hydroxylation is 2. The standard InChI is InChI=1S/C18H22N4OS/c1-13-9-14(2)22-16(11-20-18(22)21-13)10-19-17(12-24(3)23)15-7-5-4-6-8-15/h4-9,11,17,19H,10,12H2,1-3H3. The third kappa shape index (κ3) is 3.71. The lowest BCUT2D eigenvalue weighted by atomic mass is 10.1. The molecule has 2 unspecified atom stereocenters. The van der Waals surface area contributed by atoms with Crippen molar-refractivity contribution in [3.05, 3.63) is 65.2 Å². The third-order valence-electron chi connectivity index (χ3n) is 4.00. The molecule has 0 aliphatic carbocycles. The van der Waals surface area contributed by atoms with Gasteiger partial charge in [-0.1, -0.05) is 30.3 Å². The molecule has 24 heavy (non-hydrogen) atoms. The van der Waals surface area contributed by atoms with Crippen LogP contribution >= 0.6 is 0 Å². The first-order valence-electron chi connectivity index (χ1n) is 7.93. The third-order valence-corrected chi connectivity index (χ3v) is 4.80. The Kier molecular flexibility index (Phi) is 5.06. The molecule has 0 spiro atoms. The topological polar surface area (TPSA) is 59.3 Å². The lowest BCUT2D eigenvalue weighted by Crippen LogP contribution is -2.26. The van der Waals surface area contributed by atoms with E-state index < -0.39 is 10.8 Å². The zero-order valence-electron chi connectivity index (χ0n) is 14.2. The quantitative estimate of drug-likeness (QED) is 0.748. The Labute approximate surface area is 144 Å². The largest absolute Gasteiger partial charge is 0.303 e. The second kappa shape index (κ2) is 7.23. The number of nitrogens with one attached hydrogen (secondary N) is 1. The fraction of sp³-hybridized carbons (Fsp3) is 0.333. The summed E-state index contributed by atoms with van der Waals surface area (Å²) in [7, 11) is -0.876. The van der Waals surface area contributed by atoms with Gasteiger partial charge in [0.05, 0.1) is 11.9 Å². The monoisotopic (exact) mass is 342 g/mol. The SMILES string of the molecule is Cc1cc(C)n2c(CNC(CS(C)=O)c3ccccc3)cnc2n1. The highest BCUT2D eigenvalue weighted by Crippen LogP contribution is 2.16. The van der Waals surface area contributed by atoms with E-state index in [1.54, 1.807) is 6.26 Å². The maximum atomic E-state index is 11.7. The Balaban J connectivity index is 1.83. The van der Waals surface area contributed by atoms with Crippen LogP contribution in [0.1, 0.15) is 28.7 Å². The van der Waals surface area contributed by atoms with Gasteiger partial charge in [-0.25, -0.2) is 9.97 Å². The molecule has 0 saturated carbocycles. The van der Waals surface area contributed by atoms with Crippen molar-refractivity contribution in [1.29, 1.82) is 0 Å². The summed E-state index contributed by atoms with van der Waals surface area (Å²) >= 11 is 0. The van der Waals surface area contributed by atoms with Crippen molar-refractivity contribution >= 4 is 16.6 Å². The summed E-state index contributed by atoms with van der Waals surface area (Å²) in [4.78, 5) is 8.87. The van der Waals surface area contributed by atoms with E-state index >= 15 is 0 Å². The van der Waals surface area contributed by atoms with Crippen molar-refractivity contribution in [3.8, 4) is 0 Å². The summed E-state index contributed by atoms with van der Waals surface area (Å²) in [6.07, 6.45) is 3.59. The molecule has 3 aromatic rings. The number of aromatic nitrogens is 3. The Morgan fingerprint density at radius 3 is 2.71 bits per heavy atom. The normalized spacial score (nSPS) is 14.0. The van der Waals surface area contributed by atoms with Gasteiger partial charge in [-0.2, -0.15) is 0 Å². The van der Waals surface area contributed by atoms with Gasteiger partial charge in [0.25, 0.3) is 0 Å². The highest BCUT2D eigenvalue weighted by Gasteiger charge is 2.14. The van der Waals surface area contributed by atoms with Crippen molar-refractivity contribution in [2.45, 2.75) is 26.4 Å². The van der Waals surface area contributed by atoms with Crippen LogP contribution in [0.5, 0.6) is 0 Å². The van der Waals surface area contributed by atoms with E-state index in [0.717, 1.165) is 28.4 Å². The van der Waals surface area contributed by atoms with Crippen LogP contribution in [0.15, 0.2) is 42.6 Å². The summed E-state index contributed by atoms with van der Waals surface area (Å²) in [5.74, 6) is 1.30. The van der Waals surface area contributed by atoms with Crippen LogP contribution in [0.25, 0.3) is 5.78 Å². The van der Waals surface area contributed by atoms with Gasteiger partial charge in [-0.15, -0.1) is 0 Å². The average molecular weight is 342 g/mol. The number of benzene rings is 1. The molecule has 0 aliphatic rings. The molecule has 5 nitrogen and oxygen atoms in total. The molecule has 0 saturated heterocycles. The highest BCUT2D eigenvalue weighted by atomic mass is 32.2. The van der Waals surface area contributed by atoms with Crippen LogP contribution in [-0.2, 0) is 17.3 Å². The maximum Gasteiger partial charge on any atom is 0.234 e. The summed E-state index contributed by atoms with van der Waals surface area (Å²) in [6.45, 7) is 4.67. The van der Waals surface area contributed by atoms with Crippen molar-refractivity contribution in [3.63, 3.8) is 0 Å². The van der Waals surface area contributed by atoms with E-state index in [1.807, 2.05) is 37.4 Å². The van der Waals surface area contributed by atoms with Crippen molar-refractivity contribution in [2.75, 3.05) is 12.0 Å². The first-order valence-corrected chi connectivity index (χ1v) is 9.66. The molecule has 2 heterocycles. The van der Waals surface area contributed by atoms with Gasteiger partial charge >= 0.3 is 0 Å². The molecule has 0 amide bonds. The van der Waals surface area contributed by atoms with E-state index in [9.17, 15) is 4.21 Å². The predicted octanol–water partition coefficient (Wildman–Crippen LogP) is 2.56. The minimum atomic E-state index is -0.876. The van der Waals surface area contributed by atoms with Gasteiger partial charge in [-0.3, -0.25) is 8.61 Å². The molecule has 0 radical (unpaired) electrons. The Morgan fingerprint density at radius 1 is 1.25 bits per heavy atom. The van der Waals surface area contributed by atoms with Gasteiger partial charge in [0.1, 0.15) is 0 Å². The number of imidazole rings is 1. The summed E-state index contributed by atoms with van der Waals surface area (Å²) in [5, 5.41) is 3.52. The van der Waals surface area contributed by atoms with Gasteiger partial charge in [-0.05, 0) is 25.5 Å². The number of nitrogens with zero attached hydrogens (tertiary/aromatic N) is 3. The second-order valence-electron chi connectivity index (χ2n) is 6.01. The summed E-state index contributed by atoms with van der Waals surface area (Å²) in [6, 6.07) is 12.2. The van der Waals surface area contributed by atoms with Crippen LogP contribution in [0.4, 0.5) is 0 Å². The number of rotatable bonds is 6. The van der Waals surface area contributed by atoms with Crippen LogP contribution in [0, 0.1) is 13.8 Å². The highest BCUT2D eigenvalue weighted by molar-refractivity contribution is 7.84. The van der Waals surface area contributed by atoms with Gasteiger partial charge in [0.15, 0.2) is 0 Å². The molecule has 6 heteroatoms. The molecule has 1 N–H and O–H groups in total. The van der Waals surface area contributed by atoms with Crippen LogP contribution in [-0.4, -0.2) is 30.6 Å². The van der Waals surface area contributed by atoms with Gasteiger partial charge in [0, 0.05) is 46.8 Å². The van der Waals surface area contributed by atoms with Gasteiger partial charge in [0.2, 0.25) is 5.78 Å². The van der Waals surface area contributed by atoms with Gasteiger partial charge < -0.3 is 5.32 Å². The van der Waals surface area contributed by atoms with Crippen molar-refractivity contribution in [1.82, 2.24) is 19.7 Å². The van der Waals surface area contributed by atoms with Crippen LogP contribution in [0.2, 0.25) is 0 Å². The molecular formula is C18H22N4OS. The molecule has 2 atom stereocenters. The Hall–Kier alpha value is -2.05. The van der Waals surface area contributed by atoms with E-state index in [1.165, 1.54) is 0 Å². The van der Waals surface area contributed by atoms with Crippen molar-refractivity contribution in [2.24, 2.45) is 0 Å². The zero-order valence-corrected chi connectivity index (χ0v) is 15.0. The average Bonchev–Trinajstić information content (AvgIpc) is 2.95. The van der Waals surface area contributed by atoms with E-state index in [-0.39, 0.29) is 6.04 Å². The molecule has 0 bridgehead atoms. The van der Waals surface area contributed by atoms with E-state index in [2.05, 4.69) is 38.7 Å². The van der Waals surface area contributed by atoms with E-state index in [0.29, 0.717) is 12.3 Å². The Morgan fingerprint density at radius 2 is 2.00 bits per heavy atom. The van der Waals surface area contributed by atoms with E-state index in [4.69, 9.17) is 0 Å².